The highest BCUT2D eigenvalue weighted by molar-refractivity contribution is 6.06. The number of hydrogen-bond donors (Lipinski definition) is 2. The lowest BCUT2D eigenvalue weighted by molar-refractivity contribution is -0.147. The molecule has 4 amide bonds. The Morgan fingerprint density at radius 2 is 1.86 bits per heavy atom. The van der Waals surface area contributed by atoms with Crippen molar-refractivity contribution >= 4 is 29.5 Å². The lowest BCUT2D eigenvalue weighted by Gasteiger charge is -2.15. The number of carbonyl (C=O) groups is 4. The van der Waals surface area contributed by atoms with Crippen LogP contribution in [0.1, 0.15) is 58.4 Å². The van der Waals surface area contributed by atoms with Crippen LogP contribution >= 0.6 is 0 Å². The van der Waals surface area contributed by atoms with Crippen molar-refractivity contribution in [2.75, 3.05) is 18.5 Å². The van der Waals surface area contributed by atoms with Crippen LogP contribution in [0.5, 0.6) is 0 Å². The Kier molecular flexibility index (Phi) is 7.36. The summed E-state index contributed by atoms with van der Waals surface area (Å²) in [5.74, 6) is -0.854. The largest absolute Gasteiger partial charge is 0.456 e. The van der Waals surface area contributed by atoms with Crippen LogP contribution in [0.15, 0.2) is 24.3 Å². The number of ether oxygens (including phenoxy) is 1. The van der Waals surface area contributed by atoms with Crippen LogP contribution in [0.4, 0.5) is 10.5 Å². The van der Waals surface area contributed by atoms with Crippen LogP contribution in [0.2, 0.25) is 0 Å². The van der Waals surface area contributed by atoms with Gasteiger partial charge in [0.05, 0.1) is 0 Å². The molecule has 1 heterocycles. The molecule has 1 fully saturated rings. The lowest BCUT2D eigenvalue weighted by atomic mass is 9.99. The molecule has 1 aliphatic rings. The van der Waals surface area contributed by atoms with Crippen LogP contribution in [-0.4, -0.2) is 47.4 Å². The summed E-state index contributed by atoms with van der Waals surface area (Å²) >= 11 is 0. The molecule has 0 aromatic heterocycles. The van der Waals surface area contributed by atoms with Crippen molar-refractivity contribution in [3.8, 4) is 0 Å². The molecule has 0 bridgehead atoms. The van der Waals surface area contributed by atoms with Gasteiger partial charge in [-0.1, -0.05) is 26.0 Å². The maximum Gasteiger partial charge on any atom is 0.325 e. The van der Waals surface area contributed by atoms with Crippen molar-refractivity contribution in [2.24, 2.45) is 0 Å². The van der Waals surface area contributed by atoms with E-state index in [-0.39, 0.29) is 31.9 Å². The first kappa shape index (κ1) is 22.4. The third-order valence-corrected chi connectivity index (χ3v) is 4.95. The zero-order valence-electron chi connectivity index (χ0n) is 17.4. The van der Waals surface area contributed by atoms with E-state index in [2.05, 4.69) is 24.5 Å². The molecule has 0 radical (unpaired) electrons. The fraction of sp³-hybridized carbons (Fsp3) is 0.524. The number of amides is 4. The van der Waals surface area contributed by atoms with Gasteiger partial charge in [0.1, 0.15) is 5.54 Å². The number of urea groups is 1. The predicted octanol–water partition coefficient (Wildman–Crippen LogP) is 2.79. The van der Waals surface area contributed by atoms with E-state index in [9.17, 15) is 19.2 Å². The van der Waals surface area contributed by atoms with Crippen LogP contribution in [-0.2, 0) is 19.1 Å². The molecule has 1 saturated heterocycles. The first-order chi connectivity index (χ1) is 13.6. The molecule has 0 unspecified atom stereocenters. The minimum atomic E-state index is -0.928. The number of anilines is 1. The number of esters is 1. The molecule has 2 rings (SSSR count). The Labute approximate surface area is 171 Å². The Bertz CT molecular complexity index is 773. The van der Waals surface area contributed by atoms with Gasteiger partial charge in [0.2, 0.25) is 0 Å². The van der Waals surface area contributed by atoms with Gasteiger partial charge in [-0.25, -0.2) is 4.79 Å². The number of hydrogen-bond acceptors (Lipinski definition) is 5. The number of benzene rings is 1. The number of nitrogens with zero attached hydrogens (tertiary/aromatic N) is 1. The molecule has 0 saturated carbocycles. The molecule has 1 aromatic rings. The zero-order chi connectivity index (χ0) is 21.6. The van der Waals surface area contributed by atoms with E-state index < -0.39 is 23.4 Å². The monoisotopic (exact) mass is 403 g/mol. The topological polar surface area (TPSA) is 105 Å². The van der Waals surface area contributed by atoms with E-state index in [1.54, 1.807) is 13.8 Å². The molecular weight excluding hydrogens is 374 g/mol. The highest BCUT2D eigenvalue weighted by Crippen LogP contribution is 2.20. The second-order valence-corrected chi connectivity index (χ2v) is 7.76. The van der Waals surface area contributed by atoms with Crippen molar-refractivity contribution < 1.29 is 23.9 Å². The minimum Gasteiger partial charge on any atom is -0.456 e. The Morgan fingerprint density at radius 3 is 2.41 bits per heavy atom. The second-order valence-electron chi connectivity index (χ2n) is 7.76. The first-order valence-electron chi connectivity index (χ1n) is 9.83. The average molecular weight is 403 g/mol. The molecule has 1 aliphatic heterocycles. The number of carbonyl (C=O) groups excluding carboxylic acids is 4. The van der Waals surface area contributed by atoms with E-state index in [1.807, 2.05) is 24.3 Å². The van der Waals surface area contributed by atoms with Crippen LogP contribution in [0, 0.1) is 0 Å². The van der Waals surface area contributed by atoms with Crippen LogP contribution in [0.3, 0.4) is 0 Å². The van der Waals surface area contributed by atoms with Crippen molar-refractivity contribution in [3.63, 3.8) is 0 Å². The van der Waals surface area contributed by atoms with Crippen LogP contribution in [0.25, 0.3) is 0 Å². The Balaban J connectivity index is 1.69. The van der Waals surface area contributed by atoms with E-state index >= 15 is 0 Å². The summed E-state index contributed by atoms with van der Waals surface area (Å²) in [6.45, 7) is 7.24. The summed E-state index contributed by atoms with van der Waals surface area (Å²) in [5.41, 5.74) is 0.910. The first-order valence-corrected chi connectivity index (χ1v) is 9.83. The summed E-state index contributed by atoms with van der Waals surface area (Å²) in [7, 11) is 0. The van der Waals surface area contributed by atoms with Gasteiger partial charge in [0, 0.05) is 18.7 Å². The van der Waals surface area contributed by atoms with Gasteiger partial charge in [0.15, 0.2) is 6.61 Å². The standard InChI is InChI=1S/C21H29N3O5/c1-5-14(2)15-8-10-16(11-9-15)22-17(25)13-29-18(26)7-6-12-24-19(27)21(3,4)23-20(24)28/h8-11,14H,5-7,12-13H2,1-4H3,(H,22,25)(H,23,28)/t14-/m0/s1. The maximum absolute atomic E-state index is 12.1. The van der Waals surface area contributed by atoms with E-state index in [0.717, 1.165) is 11.3 Å². The van der Waals surface area contributed by atoms with Gasteiger partial charge in [-0.3, -0.25) is 19.3 Å². The van der Waals surface area contributed by atoms with Crippen molar-refractivity contribution in [1.29, 1.82) is 0 Å². The van der Waals surface area contributed by atoms with Crippen molar-refractivity contribution in [3.05, 3.63) is 29.8 Å². The van der Waals surface area contributed by atoms with Gasteiger partial charge in [-0.2, -0.15) is 0 Å². The second kappa shape index (κ2) is 9.54. The van der Waals surface area contributed by atoms with E-state index in [0.29, 0.717) is 11.6 Å². The molecular formula is C21H29N3O5. The molecule has 29 heavy (non-hydrogen) atoms. The Morgan fingerprint density at radius 1 is 1.21 bits per heavy atom. The minimum absolute atomic E-state index is 0.00831. The molecule has 1 atom stereocenters. The van der Waals surface area contributed by atoms with Gasteiger partial charge < -0.3 is 15.4 Å². The predicted molar refractivity (Wildman–Crippen MR) is 108 cm³/mol. The summed E-state index contributed by atoms with van der Waals surface area (Å²) in [4.78, 5) is 48.7. The van der Waals surface area contributed by atoms with Gasteiger partial charge in [-0.15, -0.1) is 0 Å². The smallest absolute Gasteiger partial charge is 0.325 e. The lowest BCUT2D eigenvalue weighted by Crippen LogP contribution is -2.40. The van der Waals surface area contributed by atoms with Gasteiger partial charge in [0.25, 0.3) is 11.8 Å². The molecule has 0 aliphatic carbocycles. The normalized spacial score (nSPS) is 16.3. The number of imide groups is 1. The third kappa shape index (κ3) is 6.04. The zero-order valence-corrected chi connectivity index (χ0v) is 17.4. The van der Waals surface area contributed by atoms with E-state index in [4.69, 9.17) is 4.74 Å². The SMILES string of the molecule is CC[C@H](C)c1ccc(NC(=O)COC(=O)CCCN2C(=O)NC(C)(C)C2=O)cc1. The summed E-state index contributed by atoms with van der Waals surface area (Å²) in [6, 6.07) is 7.11. The fourth-order valence-electron chi connectivity index (χ4n) is 2.95. The third-order valence-electron chi connectivity index (χ3n) is 4.95. The summed E-state index contributed by atoms with van der Waals surface area (Å²) in [6.07, 6.45) is 1.32. The van der Waals surface area contributed by atoms with Crippen molar-refractivity contribution in [2.45, 2.75) is 58.4 Å². The fourth-order valence-corrected chi connectivity index (χ4v) is 2.95. The number of nitrogens with one attached hydrogen (secondary N) is 2. The molecule has 8 nitrogen and oxygen atoms in total. The summed E-state index contributed by atoms with van der Waals surface area (Å²) < 4.78 is 4.96. The molecule has 1 aromatic carbocycles. The quantitative estimate of drug-likeness (QED) is 0.487. The van der Waals surface area contributed by atoms with E-state index in [1.165, 1.54) is 5.56 Å². The maximum atomic E-state index is 12.1. The highest BCUT2D eigenvalue weighted by atomic mass is 16.5. The van der Waals surface area contributed by atoms with Gasteiger partial charge >= 0.3 is 12.0 Å². The molecule has 2 N–H and O–H groups in total. The van der Waals surface area contributed by atoms with Crippen molar-refractivity contribution in [1.82, 2.24) is 10.2 Å². The molecule has 0 spiro atoms. The van der Waals surface area contributed by atoms with Crippen LogP contribution < -0.4 is 10.6 Å². The highest BCUT2D eigenvalue weighted by Gasteiger charge is 2.43. The molecule has 158 valence electrons. The Hall–Kier alpha value is -2.90. The average Bonchev–Trinajstić information content (AvgIpc) is 2.87. The molecule has 8 heteroatoms. The summed E-state index contributed by atoms with van der Waals surface area (Å²) in [5, 5.41) is 5.26. The number of rotatable bonds is 9. The van der Waals surface area contributed by atoms with Gasteiger partial charge in [-0.05, 0) is 50.3 Å².